The zero-order chi connectivity index (χ0) is 22.3. The predicted molar refractivity (Wildman–Crippen MR) is 123 cm³/mol. The molecule has 0 amide bonds. The molecule has 160 valence electrons. The number of aryl methyl sites for hydroxylation is 1. The van der Waals surface area contributed by atoms with Gasteiger partial charge in [-0.1, -0.05) is 60.7 Å². The lowest BCUT2D eigenvalue weighted by molar-refractivity contribution is 0.0693. The van der Waals surface area contributed by atoms with Crippen molar-refractivity contribution in [3.8, 4) is 22.8 Å². The molecule has 0 unspecified atom stereocenters. The lowest BCUT2D eigenvalue weighted by Gasteiger charge is -2.12. The van der Waals surface area contributed by atoms with Gasteiger partial charge in [0.15, 0.2) is 0 Å². The fourth-order valence-corrected chi connectivity index (χ4v) is 3.46. The Balaban J connectivity index is 1.41. The standard InChI is InChI=1S/C27H23NO4/c1-19-8-5-11-21(26(19)27(29)30)17-31-23-13-7-14-24(16-23)32-18-22-12-6-15-25(28-22)20-9-3-2-4-10-20/h2-16H,17-18H2,1H3,(H,29,30). The Morgan fingerprint density at radius 1 is 0.812 bits per heavy atom. The maximum Gasteiger partial charge on any atom is 0.336 e. The molecule has 0 atom stereocenters. The summed E-state index contributed by atoms with van der Waals surface area (Å²) in [6, 6.07) is 28.6. The summed E-state index contributed by atoms with van der Waals surface area (Å²) in [6.07, 6.45) is 0. The number of aromatic carboxylic acids is 1. The minimum atomic E-state index is -0.955. The van der Waals surface area contributed by atoms with Crippen LogP contribution in [0.25, 0.3) is 11.3 Å². The van der Waals surface area contributed by atoms with E-state index in [0.717, 1.165) is 17.0 Å². The van der Waals surface area contributed by atoms with Gasteiger partial charge in [0.1, 0.15) is 24.7 Å². The molecule has 1 aromatic heterocycles. The number of nitrogens with zero attached hydrogens (tertiary/aromatic N) is 1. The van der Waals surface area contributed by atoms with E-state index in [2.05, 4.69) is 4.98 Å². The molecule has 0 aliphatic carbocycles. The van der Waals surface area contributed by atoms with E-state index in [1.54, 1.807) is 25.1 Å². The van der Waals surface area contributed by atoms with Crippen molar-refractivity contribution in [3.63, 3.8) is 0 Å². The molecule has 0 saturated heterocycles. The van der Waals surface area contributed by atoms with Gasteiger partial charge in [-0.2, -0.15) is 0 Å². The van der Waals surface area contributed by atoms with Gasteiger partial charge in [0.2, 0.25) is 0 Å². The summed E-state index contributed by atoms with van der Waals surface area (Å²) in [5, 5.41) is 9.48. The molecule has 5 heteroatoms. The van der Waals surface area contributed by atoms with Crippen LogP contribution < -0.4 is 9.47 Å². The van der Waals surface area contributed by atoms with Gasteiger partial charge < -0.3 is 14.6 Å². The number of carboxylic acids is 1. The zero-order valence-corrected chi connectivity index (χ0v) is 17.7. The highest BCUT2D eigenvalue weighted by Crippen LogP contribution is 2.23. The third-order valence-electron chi connectivity index (χ3n) is 5.04. The molecule has 4 aromatic rings. The van der Waals surface area contributed by atoms with Gasteiger partial charge in [0.05, 0.1) is 17.0 Å². The van der Waals surface area contributed by atoms with Crippen molar-refractivity contribution < 1.29 is 19.4 Å². The summed E-state index contributed by atoms with van der Waals surface area (Å²) < 4.78 is 11.8. The van der Waals surface area contributed by atoms with E-state index in [1.807, 2.05) is 72.8 Å². The topological polar surface area (TPSA) is 68.7 Å². The molecule has 5 nitrogen and oxygen atoms in total. The van der Waals surface area contributed by atoms with E-state index in [4.69, 9.17) is 9.47 Å². The lowest BCUT2D eigenvalue weighted by Crippen LogP contribution is -2.08. The average Bonchev–Trinajstić information content (AvgIpc) is 2.82. The van der Waals surface area contributed by atoms with Crippen molar-refractivity contribution in [1.82, 2.24) is 4.98 Å². The molecular weight excluding hydrogens is 402 g/mol. The van der Waals surface area contributed by atoms with Crippen molar-refractivity contribution in [2.24, 2.45) is 0 Å². The number of carboxylic acid groups (broad SMARTS) is 1. The molecule has 4 rings (SSSR count). The first-order valence-corrected chi connectivity index (χ1v) is 10.3. The Morgan fingerprint density at radius 2 is 1.50 bits per heavy atom. The number of hydrogen-bond acceptors (Lipinski definition) is 4. The minimum Gasteiger partial charge on any atom is -0.489 e. The second kappa shape index (κ2) is 9.79. The number of hydrogen-bond donors (Lipinski definition) is 1. The largest absolute Gasteiger partial charge is 0.489 e. The van der Waals surface area contributed by atoms with Gasteiger partial charge in [-0.3, -0.25) is 0 Å². The van der Waals surface area contributed by atoms with Gasteiger partial charge in [0, 0.05) is 17.2 Å². The van der Waals surface area contributed by atoms with Crippen LogP contribution in [0, 0.1) is 6.92 Å². The van der Waals surface area contributed by atoms with Crippen molar-refractivity contribution >= 4 is 5.97 Å². The van der Waals surface area contributed by atoms with Crippen LogP contribution in [-0.2, 0) is 13.2 Å². The summed E-state index contributed by atoms with van der Waals surface area (Å²) in [4.78, 5) is 16.2. The van der Waals surface area contributed by atoms with Crippen LogP contribution in [0.3, 0.4) is 0 Å². The van der Waals surface area contributed by atoms with Crippen molar-refractivity contribution in [2.45, 2.75) is 20.1 Å². The second-order valence-electron chi connectivity index (χ2n) is 7.35. The highest BCUT2D eigenvalue weighted by molar-refractivity contribution is 5.91. The summed E-state index contributed by atoms with van der Waals surface area (Å²) in [6.45, 7) is 2.26. The Bertz CT molecular complexity index is 1220. The van der Waals surface area contributed by atoms with Crippen LogP contribution in [0.2, 0.25) is 0 Å². The van der Waals surface area contributed by atoms with E-state index in [1.165, 1.54) is 0 Å². The van der Waals surface area contributed by atoms with Crippen LogP contribution in [0.1, 0.15) is 27.2 Å². The van der Waals surface area contributed by atoms with Gasteiger partial charge in [-0.25, -0.2) is 9.78 Å². The van der Waals surface area contributed by atoms with Gasteiger partial charge in [-0.05, 0) is 36.8 Å². The van der Waals surface area contributed by atoms with Crippen molar-refractivity contribution in [2.75, 3.05) is 0 Å². The SMILES string of the molecule is Cc1cccc(COc2cccc(OCc3cccc(-c4ccccc4)n3)c2)c1C(=O)O. The fourth-order valence-electron chi connectivity index (χ4n) is 3.46. The smallest absolute Gasteiger partial charge is 0.336 e. The van der Waals surface area contributed by atoms with Crippen LogP contribution in [0.5, 0.6) is 11.5 Å². The van der Waals surface area contributed by atoms with Gasteiger partial charge in [-0.15, -0.1) is 0 Å². The Hall–Kier alpha value is -4.12. The Morgan fingerprint density at radius 3 is 2.25 bits per heavy atom. The summed E-state index contributed by atoms with van der Waals surface area (Å²) in [5.74, 6) is 0.299. The highest BCUT2D eigenvalue weighted by Gasteiger charge is 2.13. The van der Waals surface area contributed by atoms with E-state index in [9.17, 15) is 9.90 Å². The fraction of sp³-hybridized carbons (Fsp3) is 0.111. The van der Waals surface area contributed by atoms with Crippen LogP contribution in [0.15, 0.2) is 91.0 Å². The third kappa shape index (κ3) is 5.13. The number of ether oxygens (including phenoxy) is 2. The molecule has 1 heterocycles. The molecule has 1 N–H and O–H groups in total. The quantitative estimate of drug-likeness (QED) is 0.380. The first kappa shape index (κ1) is 21.1. The third-order valence-corrected chi connectivity index (χ3v) is 5.04. The monoisotopic (exact) mass is 425 g/mol. The molecule has 3 aromatic carbocycles. The minimum absolute atomic E-state index is 0.160. The number of benzene rings is 3. The highest BCUT2D eigenvalue weighted by atomic mass is 16.5. The molecule has 0 spiro atoms. The molecule has 0 fully saturated rings. The second-order valence-corrected chi connectivity index (χ2v) is 7.35. The summed E-state index contributed by atoms with van der Waals surface area (Å²) in [5.41, 5.74) is 4.40. The van der Waals surface area contributed by atoms with E-state index in [0.29, 0.717) is 29.2 Å². The Kier molecular flexibility index (Phi) is 6.46. The summed E-state index contributed by atoms with van der Waals surface area (Å²) in [7, 11) is 0. The molecule has 32 heavy (non-hydrogen) atoms. The van der Waals surface area contributed by atoms with Crippen molar-refractivity contribution in [3.05, 3.63) is 113 Å². The van der Waals surface area contributed by atoms with Gasteiger partial charge in [0.25, 0.3) is 0 Å². The summed E-state index contributed by atoms with van der Waals surface area (Å²) >= 11 is 0. The number of pyridine rings is 1. The molecule has 0 aliphatic rings. The first-order valence-electron chi connectivity index (χ1n) is 10.3. The van der Waals surface area contributed by atoms with E-state index in [-0.39, 0.29) is 12.2 Å². The molecule has 0 saturated carbocycles. The van der Waals surface area contributed by atoms with E-state index >= 15 is 0 Å². The molecular formula is C27H23NO4. The molecule has 0 aliphatic heterocycles. The zero-order valence-electron chi connectivity index (χ0n) is 17.7. The normalized spacial score (nSPS) is 10.5. The maximum atomic E-state index is 11.6. The first-order chi connectivity index (χ1) is 15.6. The van der Waals surface area contributed by atoms with E-state index < -0.39 is 5.97 Å². The van der Waals surface area contributed by atoms with Crippen molar-refractivity contribution in [1.29, 1.82) is 0 Å². The average molecular weight is 425 g/mol. The predicted octanol–water partition coefficient (Wildman–Crippen LogP) is 5.91. The van der Waals surface area contributed by atoms with Crippen LogP contribution in [-0.4, -0.2) is 16.1 Å². The number of carbonyl (C=O) groups is 1. The van der Waals surface area contributed by atoms with Gasteiger partial charge >= 0.3 is 5.97 Å². The number of rotatable bonds is 8. The lowest BCUT2D eigenvalue weighted by atomic mass is 10.0. The molecule has 0 radical (unpaired) electrons. The maximum absolute atomic E-state index is 11.6. The molecule has 0 bridgehead atoms. The number of aromatic nitrogens is 1. The Labute approximate surface area is 186 Å². The van der Waals surface area contributed by atoms with Crippen LogP contribution >= 0.6 is 0 Å². The van der Waals surface area contributed by atoms with Crippen LogP contribution in [0.4, 0.5) is 0 Å².